The molecule has 0 saturated heterocycles. The Morgan fingerprint density at radius 1 is 1.06 bits per heavy atom. The number of nitrogens with two attached hydrogens (primary N) is 1. The lowest BCUT2D eigenvalue weighted by molar-refractivity contribution is -0.601. The van der Waals surface area contributed by atoms with E-state index in [4.69, 9.17) is 10.7 Å². The Kier molecular flexibility index (Phi) is 2.60. The van der Waals surface area contributed by atoms with Gasteiger partial charge in [0.2, 0.25) is 0 Å². The molecule has 11 rings (SSSR count). The number of rotatable bonds is 3. The number of hydrogen-bond donors (Lipinski definition) is 2. The molecule has 7 aliphatic rings. The molecular formula is C28H25N5O2. The van der Waals surface area contributed by atoms with E-state index in [-0.39, 0.29) is 17.0 Å². The fourth-order valence-corrected chi connectivity index (χ4v) is 10.3. The van der Waals surface area contributed by atoms with Crippen LogP contribution in [-0.4, -0.2) is 29.6 Å². The molecule has 0 atom stereocenters. The molecule has 7 nitrogen and oxygen atoms in total. The molecule has 3 heterocycles. The highest BCUT2D eigenvalue weighted by molar-refractivity contribution is 5.91. The van der Waals surface area contributed by atoms with E-state index in [1.54, 1.807) is 6.20 Å². The molecule has 4 aromatic rings. The summed E-state index contributed by atoms with van der Waals surface area (Å²) in [4.78, 5) is 23.2. The lowest BCUT2D eigenvalue weighted by atomic mass is 8.98. The van der Waals surface area contributed by atoms with Gasteiger partial charge in [0.15, 0.2) is 0 Å². The zero-order chi connectivity index (χ0) is 23.2. The number of aliphatic hydroxyl groups is 1. The van der Waals surface area contributed by atoms with Crippen LogP contribution in [0.5, 0.6) is 0 Å². The highest BCUT2D eigenvalue weighted by atomic mass is 16.3. The number of imidazole rings is 1. The van der Waals surface area contributed by atoms with Crippen LogP contribution in [0, 0.1) is 41.4 Å². The Bertz CT molecular complexity index is 1690. The lowest BCUT2D eigenvalue weighted by Crippen LogP contribution is -3.08. The van der Waals surface area contributed by atoms with Gasteiger partial charge in [-0.25, -0.2) is 9.97 Å². The Hall–Kier alpha value is -3.19. The molecule has 174 valence electrons. The molecule has 3 N–H and O–H groups in total. The average molecular weight is 464 g/mol. The first-order valence-corrected chi connectivity index (χ1v) is 12.9. The van der Waals surface area contributed by atoms with E-state index in [0.29, 0.717) is 18.7 Å². The summed E-state index contributed by atoms with van der Waals surface area (Å²) in [7, 11) is 0. The number of nitrogen functional groups attached to an aromatic ring is 1. The van der Waals surface area contributed by atoms with Gasteiger partial charge in [-0.15, -0.1) is 0 Å². The van der Waals surface area contributed by atoms with E-state index in [1.807, 2.05) is 35.7 Å². The van der Waals surface area contributed by atoms with Crippen molar-refractivity contribution >= 4 is 22.1 Å². The van der Waals surface area contributed by atoms with E-state index in [2.05, 4.69) is 21.8 Å². The summed E-state index contributed by atoms with van der Waals surface area (Å²) in [5, 5.41) is 12.0. The quantitative estimate of drug-likeness (QED) is 0.487. The third kappa shape index (κ3) is 1.59. The van der Waals surface area contributed by atoms with Gasteiger partial charge in [0.25, 0.3) is 5.56 Å². The Morgan fingerprint density at radius 3 is 2.51 bits per heavy atom. The highest BCUT2D eigenvalue weighted by Gasteiger charge is 3.05. The third-order valence-corrected chi connectivity index (χ3v) is 11.4. The number of nitrogens with zero attached hydrogens (tertiary/aromatic N) is 4. The maximum absolute atomic E-state index is 13.9. The van der Waals surface area contributed by atoms with Gasteiger partial charge < -0.3 is 15.4 Å². The van der Waals surface area contributed by atoms with E-state index in [0.717, 1.165) is 74.8 Å². The molecule has 7 fully saturated rings. The van der Waals surface area contributed by atoms with Crippen LogP contribution in [0.25, 0.3) is 27.5 Å². The number of pyridine rings is 1. The molecular weight excluding hydrogens is 438 g/mol. The summed E-state index contributed by atoms with van der Waals surface area (Å²) in [6, 6.07) is 8.18. The van der Waals surface area contributed by atoms with Crippen LogP contribution in [0.4, 0.5) is 5.82 Å². The molecule has 7 heteroatoms. The van der Waals surface area contributed by atoms with Crippen molar-refractivity contribution in [2.24, 2.45) is 41.4 Å². The molecule has 0 unspecified atom stereocenters. The van der Waals surface area contributed by atoms with Crippen molar-refractivity contribution < 1.29 is 5.11 Å². The molecule has 0 spiro atoms. The Labute approximate surface area is 200 Å². The second kappa shape index (κ2) is 5.03. The SMILES string of the molecule is CC1(O)CC(c2nc(-c3ccc4ccn(C56C7C8C9C7C5C9C86)c(=O)c4c3)c3c(N)nccn23)C1. The number of anilines is 1. The van der Waals surface area contributed by atoms with Gasteiger partial charge >= 0.3 is 0 Å². The Balaban J connectivity index is 1.14. The smallest absolute Gasteiger partial charge is 0.258 e. The van der Waals surface area contributed by atoms with E-state index >= 15 is 0 Å². The highest BCUT2D eigenvalue weighted by Crippen LogP contribution is 3.04. The fraction of sp³-hybridized carbons (Fsp3) is 0.464. The van der Waals surface area contributed by atoms with Gasteiger partial charge in [-0.05, 0) is 78.7 Å². The van der Waals surface area contributed by atoms with Crippen LogP contribution in [0.15, 0.2) is 47.7 Å². The van der Waals surface area contributed by atoms with Crippen LogP contribution in [0.1, 0.15) is 31.5 Å². The second-order valence-corrected chi connectivity index (χ2v) is 12.5. The number of benzene rings is 1. The van der Waals surface area contributed by atoms with Gasteiger partial charge in [-0.3, -0.25) is 9.20 Å². The summed E-state index contributed by atoms with van der Waals surface area (Å²) in [6.45, 7) is 1.87. The molecule has 7 aliphatic carbocycles. The second-order valence-electron chi connectivity index (χ2n) is 12.5. The van der Waals surface area contributed by atoms with Gasteiger partial charge in [0.1, 0.15) is 22.9 Å². The van der Waals surface area contributed by atoms with Crippen molar-refractivity contribution in [3.8, 4) is 11.3 Å². The molecule has 0 radical (unpaired) electrons. The zero-order valence-electron chi connectivity index (χ0n) is 19.3. The van der Waals surface area contributed by atoms with Crippen molar-refractivity contribution in [2.45, 2.75) is 36.8 Å². The predicted molar refractivity (Wildman–Crippen MR) is 130 cm³/mol. The first-order chi connectivity index (χ1) is 16.9. The minimum Gasteiger partial charge on any atom is -0.390 e. The molecule has 3 aromatic heterocycles. The van der Waals surface area contributed by atoms with E-state index in [9.17, 15) is 9.90 Å². The van der Waals surface area contributed by atoms with E-state index in [1.165, 1.54) is 0 Å². The standard InChI is InChI=1S/C28H25N5O2/c1-27(35)9-13(10-27)25-31-22(23-24(29)30-5-7-32(23)25)12-3-2-11-4-6-33(26(34)14(11)8-12)28-19-16-15-17(19)21(28)18(15)20(16)28/h2-8,13,15-21,35H,9-10H2,1H3,(H2,29,30). The third-order valence-electron chi connectivity index (χ3n) is 11.4. The largest absolute Gasteiger partial charge is 0.390 e. The molecule has 0 amide bonds. The van der Waals surface area contributed by atoms with Crippen LogP contribution < -0.4 is 11.3 Å². The van der Waals surface area contributed by atoms with E-state index < -0.39 is 5.60 Å². The summed E-state index contributed by atoms with van der Waals surface area (Å²) in [5.41, 5.74) is 8.40. The van der Waals surface area contributed by atoms with Crippen molar-refractivity contribution in [3.05, 3.63) is 59.0 Å². The predicted octanol–water partition coefficient (Wildman–Crippen LogP) is 3.00. The topological polar surface area (TPSA) is 98.4 Å². The molecule has 7 saturated carbocycles. The van der Waals surface area contributed by atoms with Crippen LogP contribution in [0.3, 0.4) is 0 Å². The van der Waals surface area contributed by atoms with Crippen LogP contribution in [-0.2, 0) is 5.54 Å². The van der Waals surface area contributed by atoms with Gasteiger partial charge in [0, 0.05) is 35.5 Å². The summed E-state index contributed by atoms with van der Waals surface area (Å²) in [5.74, 6) is 7.63. The zero-order valence-corrected chi connectivity index (χ0v) is 19.3. The Morgan fingerprint density at radius 2 is 1.80 bits per heavy atom. The molecule has 35 heavy (non-hydrogen) atoms. The molecule has 1 aromatic carbocycles. The number of aromatic nitrogens is 4. The number of hydrogen-bond acceptors (Lipinski definition) is 5. The van der Waals surface area contributed by atoms with Crippen molar-refractivity contribution in [3.63, 3.8) is 0 Å². The van der Waals surface area contributed by atoms with Gasteiger partial charge in [-0.1, -0.05) is 12.1 Å². The lowest BCUT2D eigenvalue weighted by Gasteiger charge is -3.07. The summed E-state index contributed by atoms with van der Waals surface area (Å²) < 4.78 is 4.14. The van der Waals surface area contributed by atoms with Crippen molar-refractivity contribution in [2.75, 3.05) is 5.73 Å². The molecule has 0 bridgehead atoms. The van der Waals surface area contributed by atoms with Crippen molar-refractivity contribution in [1.82, 2.24) is 18.9 Å². The maximum Gasteiger partial charge on any atom is 0.258 e. The minimum absolute atomic E-state index is 0.143. The minimum atomic E-state index is -0.646. The normalized spacial score (nSPS) is 44.5. The van der Waals surface area contributed by atoms with Gasteiger partial charge in [-0.2, -0.15) is 0 Å². The maximum atomic E-state index is 13.9. The molecule has 0 aliphatic heterocycles. The van der Waals surface area contributed by atoms with Crippen LogP contribution in [0.2, 0.25) is 0 Å². The number of fused-ring (bicyclic) bond motifs is 2. The van der Waals surface area contributed by atoms with Gasteiger partial charge in [0.05, 0.1) is 11.1 Å². The monoisotopic (exact) mass is 463 g/mol. The summed E-state index contributed by atoms with van der Waals surface area (Å²) in [6.07, 6.45) is 7.00. The first kappa shape index (κ1) is 18.1. The first-order valence-electron chi connectivity index (χ1n) is 12.9. The summed E-state index contributed by atoms with van der Waals surface area (Å²) >= 11 is 0. The average Bonchev–Trinajstić information content (AvgIpc) is 3.23. The van der Waals surface area contributed by atoms with Crippen molar-refractivity contribution in [1.29, 1.82) is 0 Å². The van der Waals surface area contributed by atoms with Crippen LogP contribution >= 0.6 is 0 Å². The fourth-order valence-electron chi connectivity index (χ4n) is 10.3.